The minimum atomic E-state index is -1.39. The van der Waals surface area contributed by atoms with Gasteiger partial charge in [0.05, 0.1) is 12.2 Å². The van der Waals surface area contributed by atoms with Crippen LogP contribution in [0, 0.1) is 0 Å². The Morgan fingerprint density at radius 3 is 2.30 bits per heavy atom. The molecule has 1 aromatic rings. The molecule has 0 unspecified atom stereocenters. The number of aliphatic hydroxyl groups is 3. The van der Waals surface area contributed by atoms with E-state index in [1.165, 1.54) is 24.3 Å². The van der Waals surface area contributed by atoms with E-state index in [0.717, 1.165) is 0 Å². The number of carboxylic acid groups (broad SMARTS) is 1. The normalized spacial score (nSPS) is 29.4. The first-order valence-electron chi connectivity index (χ1n) is 5.65. The van der Waals surface area contributed by atoms with Gasteiger partial charge in [-0.05, 0) is 24.3 Å². The summed E-state index contributed by atoms with van der Waals surface area (Å²) in [4.78, 5) is 10.7. The summed E-state index contributed by atoms with van der Waals surface area (Å²) in [7, 11) is 0. The Morgan fingerprint density at radius 2 is 1.75 bits per heavy atom. The van der Waals surface area contributed by atoms with Crippen LogP contribution in [0.2, 0.25) is 0 Å². The van der Waals surface area contributed by atoms with Crippen molar-refractivity contribution >= 4 is 24.8 Å². The van der Waals surface area contributed by atoms with E-state index in [1.807, 2.05) is 0 Å². The van der Waals surface area contributed by atoms with Crippen LogP contribution in [-0.4, -0.2) is 76.5 Å². The first-order valence-corrected chi connectivity index (χ1v) is 5.65. The second kappa shape index (κ2) is 7.08. The number of benzene rings is 1. The van der Waals surface area contributed by atoms with E-state index in [9.17, 15) is 20.1 Å². The fourth-order valence-corrected chi connectivity index (χ4v) is 1.69. The molecule has 1 fully saturated rings. The van der Waals surface area contributed by atoms with Gasteiger partial charge in [0, 0.05) is 0 Å². The van der Waals surface area contributed by atoms with Crippen LogP contribution >= 0.6 is 0 Å². The molecule has 8 heteroatoms. The third-order valence-corrected chi connectivity index (χ3v) is 2.81. The summed E-state index contributed by atoms with van der Waals surface area (Å²) in [5.74, 6) is -0.767. The zero-order valence-electron chi connectivity index (χ0n) is 9.84. The molecule has 1 aromatic carbocycles. The molecule has 0 aliphatic carbocycles. The summed E-state index contributed by atoms with van der Waals surface area (Å²) in [5.41, 5.74) is 0.105. The van der Waals surface area contributed by atoms with Gasteiger partial charge in [-0.1, -0.05) is 0 Å². The van der Waals surface area contributed by atoms with Crippen molar-refractivity contribution in [3.8, 4) is 5.75 Å². The molecular weight excluding hydrogens is 263 g/mol. The van der Waals surface area contributed by atoms with E-state index < -0.39 is 30.6 Å². The van der Waals surface area contributed by atoms with Crippen molar-refractivity contribution in [1.82, 2.24) is 0 Å². The fraction of sp³-hybridized carbons (Fsp3) is 0.417. The van der Waals surface area contributed by atoms with Crippen molar-refractivity contribution in [2.75, 3.05) is 6.61 Å². The van der Waals surface area contributed by atoms with Gasteiger partial charge in [0.15, 0.2) is 0 Å². The number of carboxylic acids is 1. The molecule has 1 saturated heterocycles. The fourth-order valence-electron chi connectivity index (χ4n) is 1.69. The molecule has 1 aliphatic heterocycles. The molecule has 1 heterocycles. The Balaban J connectivity index is 0.00000200. The third-order valence-electron chi connectivity index (χ3n) is 2.81. The number of carbonyl (C=O) groups is 1. The van der Waals surface area contributed by atoms with Gasteiger partial charge in [-0.2, -0.15) is 0 Å². The Kier molecular flexibility index (Phi) is 6.01. The molecule has 0 saturated carbocycles. The van der Waals surface area contributed by atoms with Gasteiger partial charge in [0.25, 0.3) is 0 Å². The van der Waals surface area contributed by atoms with Gasteiger partial charge in [-0.25, -0.2) is 4.79 Å². The van der Waals surface area contributed by atoms with Crippen molar-refractivity contribution < 1.29 is 34.7 Å². The molecule has 0 radical (unpaired) electrons. The van der Waals surface area contributed by atoms with Crippen molar-refractivity contribution in [3.63, 3.8) is 0 Å². The molecule has 4 N–H and O–H groups in total. The van der Waals surface area contributed by atoms with Crippen LogP contribution in [0.5, 0.6) is 5.75 Å². The van der Waals surface area contributed by atoms with E-state index >= 15 is 0 Å². The summed E-state index contributed by atoms with van der Waals surface area (Å²) < 4.78 is 10.3. The molecule has 0 spiro atoms. The topological polar surface area (TPSA) is 116 Å². The van der Waals surface area contributed by atoms with Gasteiger partial charge in [0.1, 0.15) is 24.1 Å². The van der Waals surface area contributed by atoms with E-state index in [-0.39, 0.29) is 36.8 Å². The average molecular weight is 278 g/mol. The number of ether oxygens (including phenoxy) is 2. The third kappa shape index (κ3) is 3.73. The summed E-state index contributed by atoms with van der Waals surface area (Å²) in [6, 6.07) is 5.52. The quantitative estimate of drug-likeness (QED) is 0.500. The molecule has 106 valence electrons. The zero-order valence-corrected chi connectivity index (χ0v) is 9.84. The van der Waals surface area contributed by atoms with Gasteiger partial charge in [-0.15, -0.1) is 0 Å². The Morgan fingerprint density at radius 1 is 1.15 bits per heavy atom. The van der Waals surface area contributed by atoms with E-state index in [2.05, 4.69) is 0 Å². The van der Waals surface area contributed by atoms with Crippen LogP contribution in [-0.2, 0) is 4.74 Å². The molecule has 0 bridgehead atoms. The van der Waals surface area contributed by atoms with Crippen LogP contribution < -0.4 is 4.74 Å². The van der Waals surface area contributed by atoms with Gasteiger partial charge < -0.3 is 29.9 Å². The Labute approximate surface area is 126 Å². The summed E-state index contributed by atoms with van der Waals surface area (Å²) in [6.07, 6.45) is -5.02. The van der Waals surface area contributed by atoms with Gasteiger partial charge in [-0.3, -0.25) is 0 Å². The van der Waals surface area contributed by atoms with E-state index in [0.29, 0.717) is 0 Å². The molecule has 7 nitrogen and oxygen atoms in total. The van der Waals surface area contributed by atoms with Crippen LogP contribution in [0.1, 0.15) is 10.4 Å². The van der Waals surface area contributed by atoms with Crippen molar-refractivity contribution in [2.24, 2.45) is 0 Å². The maximum absolute atomic E-state index is 10.7. The SMILES string of the molecule is O=C(O)c1ccc(O[C@H]2OC[C@@H](O)[C@H](O)[C@H]2O)cc1.[LiH]. The van der Waals surface area contributed by atoms with Crippen molar-refractivity contribution in [1.29, 1.82) is 0 Å². The first kappa shape index (κ1) is 17.0. The van der Waals surface area contributed by atoms with Crippen LogP contribution in [0.25, 0.3) is 0 Å². The number of rotatable bonds is 3. The predicted octanol–water partition coefficient (Wildman–Crippen LogP) is -1.45. The Bertz CT molecular complexity index is 450. The molecule has 0 aromatic heterocycles. The number of hydrogen-bond acceptors (Lipinski definition) is 6. The summed E-state index contributed by atoms with van der Waals surface area (Å²) in [6.45, 7) is -0.157. The van der Waals surface area contributed by atoms with Crippen LogP contribution in [0.15, 0.2) is 24.3 Å². The standard InChI is InChI=1S/C12H14O7.Li.H/c13-8-5-18-12(10(15)9(8)14)19-7-3-1-6(2-4-7)11(16)17;;/h1-4,8-10,12-15H,5H2,(H,16,17);;/t8-,9+,10-,12-;;/m1../s1. The molecule has 2 rings (SSSR count). The molecule has 0 amide bonds. The monoisotopic (exact) mass is 278 g/mol. The van der Waals surface area contributed by atoms with E-state index in [1.54, 1.807) is 0 Å². The molecule has 4 atom stereocenters. The summed E-state index contributed by atoms with van der Waals surface area (Å²) >= 11 is 0. The predicted molar refractivity (Wildman–Crippen MR) is 68.9 cm³/mol. The van der Waals surface area contributed by atoms with Gasteiger partial charge in [0.2, 0.25) is 6.29 Å². The maximum atomic E-state index is 10.7. The molecule has 20 heavy (non-hydrogen) atoms. The number of hydrogen-bond donors (Lipinski definition) is 4. The molecular formula is C12H15LiO7. The van der Waals surface area contributed by atoms with Crippen LogP contribution in [0.4, 0.5) is 0 Å². The van der Waals surface area contributed by atoms with Gasteiger partial charge >= 0.3 is 24.8 Å². The first-order chi connectivity index (χ1) is 8.99. The van der Waals surface area contributed by atoms with E-state index in [4.69, 9.17) is 14.6 Å². The average Bonchev–Trinajstić information content (AvgIpc) is 2.40. The second-order valence-electron chi connectivity index (χ2n) is 4.20. The van der Waals surface area contributed by atoms with Crippen molar-refractivity contribution in [3.05, 3.63) is 29.8 Å². The second-order valence-corrected chi connectivity index (χ2v) is 4.20. The number of aromatic carboxylic acids is 1. The van der Waals surface area contributed by atoms with Crippen LogP contribution in [0.3, 0.4) is 0 Å². The Hall–Kier alpha value is -1.07. The number of aliphatic hydroxyl groups excluding tert-OH is 3. The molecule has 1 aliphatic rings. The summed E-state index contributed by atoms with van der Waals surface area (Å²) in [5, 5.41) is 37.1. The zero-order chi connectivity index (χ0) is 14.0. The minimum absolute atomic E-state index is 0. The van der Waals surface area contributed by atoms with Crippen molar-refractivity contribution in [2.45, 2.75) is 24.6 Å².